The lowest BCUT2D eigenvalue weighted by molar-refractivity contribution is -0.116. The van der Waals surface area contributed by atoms with Crippen molar-refractivity contribution in [2.24, 2.45) is 0 Å². The fourth-order valence-electron chi connectivity index (χ4n) is 2.52. The molecule has 0 unspecified atom stereocenters. The summed E-state index contributed by atoms with van der Waals surface area (Å²) in [5.41, 5.74) is 1.83. The predicted octanol–water partition coefficient (Wildman–Crippen LogP) is 1.70. The maximum absolute atomic E-state index is 12.1. The quantitative estimate of drug-likeness (QED) is 0.553. The molecule has 130 valence electrons. The standard InChI is InChI=1S/C16H17N5O3S/c1-8-5-6-25-14(8)11-7-12(21-20-11)18-13(22)4-3-10-9(2)17-16(24)19-15(10)23/h5-7H,3-4H2,1-2H3,(H2,17,19,23,24)(H2,18,20,21,22). The first-order valence-corrected chi connectivity index (χ1v) is 8.54. The Bertz CT molecular complexity index is 1030. The predicted molar refractivity (Wildman–Crippen MR) is 96.0 cm³/mol. The van der Waals surface area contributed by atoms with Gasteiger partial charge in [-0.25, -0.2) is 4.79 Å². The molecule has 0 atom stereocenters. The van der Waals surface area contributed by atoms with Crippen molar-refractivity contribution in [3.05, 3.63) is 55.2 Å². The van der Waals surface area contributed by atoms with Gasteiger partial charge < -0.3 is 10.3 Å². The van der Waals surface area contributed by atoms with Gasteiger partial charge in [-0.3, -0.25) is 19.7 Å². The highest BCUT2D eigenvalue weighted by molar-refractivity contribution is 7.13. The fourth-order valence-corrected chi connectivity index (χ4v) is 3.42. The van der Waals surface area contributed by atoms with Crippen molar-refractivity contribution >= 4 is 23.1 Å². The van der Waals surface area contributed by atoms with Gasteiger partial charge in [-0.15, -0.1) is 11.3 Å². The van der Waals surface area contributed by atoms with E-state index in [0.29, 0.717) is 17.1 Å². The lowest BCUT2D eigenvalue weighted by atomic mass is 10.1. The van der Waals surface area contributed by atoms with Gasteiger partial charge in [-0.1, -0.05) is 0 Å². The number of thiophene rings is 1. The summed E-state index contributed by atoms with van der Waals surface area (Å²) >= 11 is 1.60. The summed E-state index contributed by atoms with van der Waals surface area (Å²) in [4.78, 5) is 40.8. The van der Waals surface area contributed by atoms with Crippen LogP contribution < -0.4 is 16.6 Å². The Balaban J connectivity index is 1.64. The van der Waals surface area contributed by atoms with Crippen molar-refractivity contribution in [1.29, 1.82) is 0 Å². The molecule has 0 aliphatic rings. The first kappa shape index (κ1) is 16.9. The van der Waals surface area contributed by atoms with E-state index in [1.807, 2.05) is 18.4 Å². The lowest BCUT2D eigenvalue weighted by Crippen LogP contribution is -2.27. The molecule has 4 N–H and O–H groups in total. The number of aromatic nitrogens is 4. The molecule has 0 bridgehead atoms. The second-order valence-corrected chi connectivity index (χ2v) is 6.58. The van der Waals surface area contributed by atoms with Gasteiger partial charge in [0, 0.05) is 23.7 Å². The number of hydrogen-bond donors (Lipinski definition) is 4. The first-order chi connectivity index (χ1) is 11.9. The Hall–Kier alpha value is -2.94. The zero-order chi connectivity index (χ0) is 18.0. The molecular formula is C16H17N5O3S. The van der Waals surface area contributed by atoms with Crippen molar-refractivity contribution in [3.63, 3.8) is 0 Å². The first-order valence-electron chi connectivity index (χ1n) is 7.66. The number of H-pyrrole nitrogens is 3. The molecule has 1 amide bonds. The van der Waals surface area contributed by atoms with E-state index >= 15 is 0 Å². The van der Waals surface area contributed by atoms with E-state index in [-0.39, 0.29) is 18.7 Å². The zero-order valence-electron chi connectivity index (χ0n) is 13.7. The van der Waals surface area contributed by atoms with Gasteiger partial charge in [-0.05, 0) is 37.3 Å². The van der Waals surface area contributed by atoms with Crippen LogP contribution in [0.5, 0.6) is 0 Å². The molecule has 0 radical (unpaired) electrons. The van der Waals surface area contributed by atoms with Crippen LogP contribution >= 0.6 is 11.3 Å². The number of nitrogens with zero attached hydrogens (tertiary/aromatic N) is 1. The van der Waals surface area contributed by atoms with Gasteiger partial charge in [-0.2, -0.15) is 5.10 Å². The molecule has 0 fully saturated rings. The molecule has 0 saturated heterocycles. The van der Waals surface area contributed by atoms with Crippen molar-refractivity contribution in [1.82, 2.24) is 20.2 Å². The Morgan fingerprint density at radius 1 is 1.28 bits per heavy atom. The third-order valence-electron chi connectivity index (χ3n) is 3.81. The van der Waals surface area contributed by atoms with Crippen LogP contribution in [0.4, 0.5) is 5.82 Å². The number of carbonyl (C=O) groups is 1. The van der Waals surface area contributed by atoms with Gasteiger partial charge in [0.1, 0.15) is 0 Å². The van der Waals surface area contributed by atoms with Crippen molar-refractivity contribution in [2.45, 2.75) is 26.7 Å². The number of hydrogen-bond acceptors (Lipinski definition) is 5. The van der Waals surface area contributed by atoms with Crippen LogP contribution in [0, 0.1) is 13.8 Å². The van der Waals surface area contributed by atoms with Gasteiger partial charge in [0.2, 0.25) is 5.91 Å². The maximum Gasteiger partial charge on any atom is 0.325 e. The molecular weight excluding hydrogens is 342 g/mol. The summed E-state index contributed by atoms with van der Waals surface area (Å²) in [6.45, 7) is 3.64. The second kappa shape index (κ2) is 6.89. The minimum atomic E-state index is -0.552. The Kier molecular flexibility index (Phi) is 4.66. The molecule has 25 heavy (non-hydrogen) atoms. The smallest absolute Gasteiger partial charge is 0.311 e. The molecule has 3 heterocycles. The van der Waals surface area contributed by atoms with E-state index < -0.39 is 11.2 Å². The molecule has 0 saturated carbocycles. The average molecular weight is 359 g/mol. The normalized spacial score (nSPS) is 10.8. The zero-order valence-corrected chi connectivity index (χ0v) is 14.5. The average Bonchev–Trinajstić information content (AvgIpc) is 3.14. The largest absolute Gasteiger partial charge is 0.325 e. The molecule has 3 aromatic rings. The lowest BCUT2D eigenvalue weighted by Gasteiger charge is -2.04. The highest BCUT2D eigenvalue weighted by atomic mass is 32.1. The number of rotatable bonds is 5. The van der Waals surface area contributed by atoms with Crippen LogP contribution in [0.25, 0.3) is 10.6 Å². The molecule has 0 aliphatic carbocycles. The molecule has 0 aromatic carbocycles. The number of aryl methyl sites for hydroxylation is 2. The fraction of sp³-hybridized carbons (Fsp3) is 0.250. The number of carbonyl (C=O) groups excluding carboxylic acids is 1. The summed E-state index contributed by atoms with van der Waals surface area (Å²) in [6.07, 6.45) is 0.335. The van der Waals surface area contributed by atoms with E-state index in [2.05, 4.69) is 25.5 Å². The van der Waals surface area contributed by atoms with E-state index in [0.717, 1.165) is 16.1 Å². The second-order valence-electron chi connectivity index (χ2n) is 5.66. The topological polar surface area (TPSA) is 124 Å². The van der Waals surface area contributed by atoms with E-state index in [4.69, 9.17) is 0 Å². The van der Waals surface area contributed by atoms with Crippen LogP contribution in [-0.4, -0.2) is 26.1 Å². The van der Waals surface area contributed by atoms with Crippen LogP contribution in [-0.2, 0) is 11.2 Å². The Morgan fingerprint density at radius 2 is 2.08 bits per heavy atom. The van der Waals surface area contributed by atoms with Crippen molar-refractivity contribution in [2.75, 3.05) is 5.32 Å². The minimum absolute atomic E-state index is 0.107. The Morgan fingerprint density at radius 3 is 2.76 bits per heavy atom. The van der Waals surface area contributed by atoms with E-state index in [1.165, 1.54) is 0 Å². The van der Waals surface area contributed by atoms with Crippen LogP contribution in [0.1, 0.15) is 23.2 Å². The summed E-state index contributed by atoms with van der Waals surface area (Å²) in [5.74, 6) is 0.172. The van der Waals surface area contributed by atoms with Crippen molar-refractivity contribution < 1.29 is 4.79 Å². The van der Waals surface area contributed by atoms with Crippen LogP contribution in [0.2, 0.25) is 0 Å². The SMILES string of the molecule is Cc1ccsc1-c1cc(NC(=O)CCc2c(C)[nH]c(=O)[nH]c2=O)n[nH]1. The molecule has 3 rings (SSSR count). The summed E-state index contributed by atoms with van der Waals surface area (Å²) in [7, 11) is 0. The molecule has 0 spiro atoms. The summed E-state index contributed by atoms with van der Waals surface area (Å²) in [5, 5.41) is 11.7. The van der Waals surface area contributed by atoms with Crippen LogP contribution in [0.15, 0.2) is 27.1 Å². The third kappa shape index (κ3) is 3.77. The maximum atomic E-state index is 12.1. The van der Waals surface area contributed by atoms with Gasteiger partial charge >= 0.3 is 5.69 Å². The number of anilines is 1. The monoisotopic (exact) mass is 359 g/mol. The third-order valence-corrected chi connectivity index (χ3v) is 4.86. The molecule has 3 aromatic heterocycles. The molecule has 8 nitrogen and oxygen atoms in total. The van der Waals surface area contributed by atoms with E-state index in [1.54, 1.807) is 24.3 Å². The summed E-state index contributed by atoms with van der Waals surface area (Å²) < 4.78 is 0. The van der Waals surface area contributed by atoms with Gasteiger partial charge in [0.05, 0.1) is 10.6 Å². The molecule has 9 heteroatoms. The highest BCUT2D eigenvalue weighted by Crippen LogP contribution is 2.28. The van der Waals surface area contributed by atoms with Gasteiger partial charge in [0.15, 0.2) is 5.82 Å². The highest BCUT2D eigenvalue weighted by Gasteiger charge is 2.12. The van der Waals surface area contributed by atoms with Crippen LogP contribution in [0.3, 0.4) is 0 Å². The number of amides is 1. The minimum Gasteiger partial charge on any atom is -0.311 e. The number of aromatic amines is 3. The van der Waals surface area contributed by atoms with Gasteiger partial charge in [0.25, 0.3) is 5.56 Å². The summed E-state index contributed by atoms with van der Waals surface area (Å²) in [6, 6.07) is 3.79. The van der Waals surface area contributed by atoms with E-state index in [9.17, 15) is 14.4 Å². The number of nitrogens with one attached hydrogen (secondary N) is 4. The Labute approximate surface area is 146 Å². The van der Waals surface area contributed by atoms with Crippen molar-refractivity contribution in [3.8, 4) is 10.6 Å². The molecule has 0 aliphatic heterocycles.